The molecule has 14 heavy (non-hydrogen) atoms. The van der Waals surface area contributed by atoms with Crippen LogP contribution in [-0.2, 0) is 10.2 Å². The van der Waals surface area contributed by atoms with E-state index >= 15 is 0 Å². The van der Waals surface area contributed by atoms with Crippen LogP contribution in [0.2, 0.25) is 0 Å². The minimum Gasteiger partial charge on any atom is -0.216 e. The Labute approximate surface area is 86.6 Å². The quantitative estimate of drug-likeness (QED) is 0.754. The predicted octanol–water partition coefficient (Wildman–Crippen LogP) is 1.09. The van der Waals surface area contributed by atoms with Crippen LogP contribution in [0.25, 0.3) is 0 Å². The van der Waals surface area contributed by atoms with Gasteiger partial charge in [-0.25, -0.2) is 5.14 Å². The molecular weight excluding hydrogens is 200 g/mol. The van der Waals surface area contributed by atoms with E-state index < -0.39 is 10.2 Å². The number of rotatable bonds is 5. The van der Waals surface area contributed by atoms with Crippen molar-refractivity contribution in [2.24, 2.45) is 11.1 Å². The molecule has 4 nitrogen and oxygen atoms in total. The van der Waals surface area contributed by atoms with E-state index in [1.807, 2.05) is 0 Å². The average Bonchev–Trinajstić information content (AvgIpc) is 1.90. The first-order chi connectivity index (χ1) is 6.41. The minimum absolute atomic E-state index is 0.170. The molecule has 84 valence electrons. The van der Waals surface area contributed by atoms with Crippen LogP contribution in [0.5, 0.6) is 0 Å². The van der Waals surface area contributed by atoms with Gasteiger partial charge < -0.3 is 0 Å². The van der Waals surface area contributed by atoms with Gasteiger partial charge >= 0.3 is 0 Å². The fourth-order valence-corrected chi connectivity index (χ4v) is 2.56. The highest BCUT2D eigenvalue weighted by molar-refractivity contribution is 7.86. The van der Waals surface area contributed by atoms with Crippen molar-refractivity contribution in [1.29, 1.82) is 0 Å². The second-order valence-electron chi connectivity index (χ2n) is 4.42. The monoisotopic (exact) mass is 220 g/mol. The molecule has 0 amide bonds. The van der Waals surface area contributed by atoms with E-state index in [9.17, 15) is 8.42 Å². The molecule has 1 fully saturated rings. The van der Waals surface area contributed by atoms with Crippen LogP contribution in [-0.4, -0.2) is 25.3 Å². The van der Waals surface area contributed by atoms with Crippen LogP contribution < -0.4 is 5.14 Å². The van der Waals surface area contributed by atoms with Crippen LogP contribution in [0, 0.1) is 5.92 Å². The molecule has 0 unspecified atom stereocenters. The Morgan fingerprint density at radius 3 is 2.29 bits per heavy atom. The molecule has 0 atom stereocenters. The molecule has 0 spiro atoms. The molecule has 0 aromatic rings. The third kappa shape index (κ3) is 3.22. The zero-order valence-electron chi connectivity index (χ0n) is 8.94. The van der Waals surface area contributed by atoms with Crippen LogP contribution in [0.4, 0.5) is 0 Å². The summed E-state index contributed by atoms with van der Waals surface area (Å²) < 4.78 is 24.0. The maximum absolute atomic E-state index is 11.3. The van der Waals surface area contributed by atoms with Crippen LogP contribution in [0.15, 0.2) is 0 Å². The molecule has 0 aliphatic heterocycles. The lowest BCUT2D eigenvalue weighted by atomic mass is 9.93. The molecule has 5 heteroatoms. The topological polar surface area (TPSA) is 63.4 Å². The van der Waals surface area contributed by atoms with E-state index in [1.54, 1.807) is 0 Å². The minimum atomic E-state index is -3.49. The number of nitrogens with zero attached hydrogens (tertiary/aromatic N) is 1. The highest BCUT2D eigenvalue weighted by Crippen LogP contribution is 2.26. The lowest BCUT2D eigenvalue weighted by Gasteiger charge is -2.35. The summed E-state index contributed by atoms with van der Waals surface area (Å²) in [7, 11) is -3.49. The van der Waals surface area contributed by atoms with Gasteiger partial charge in [-0.15, -0.1) is 0 Å². The Morgan fingerprint density at radius 1 is 1.43 bits per heavy atom. The van der Waals surface area contributed by atoms with E-state index in [-0.39, 0.29) is 6.04 Å². The van der Waals surface area contributed by atoms with Gasteiger partial charge in [-0.3, -0.25) is 0 Å². The van der Waals surface area contributed by atoms with Gasteiger partial charge in [-0.1, -0.05) is 20.3 Å². The molecule has 1 rings (SSSR count). The number of hydrogen-bond acceptors (Lipinski definition) is 2. The van der Waals surface area contributed by atoms with Crippen molar-refractivity contribution in [2.75, 3.05) is 6.54 Å². The van der Waals surface area contributed by atoms with Crippen LogP contribution >= 0.6 is 0 Å². The highest BCUT2D eigenvalue weighted by atomic mass is 32.2. The second-order valence-corrected chi connectivity index (χ2v) is 5.92. The first kappa shape index (κ1) is 11.9. The van der Waals surface area contributed by atoms with Gasteiger partial charge in [0, 0.05) is 12.6 Å². The van der Waals surface area contributed by atoms with Gasteiger partial charge in [0.25, 0.3) is 10.2 Å². The normalized spacial score (nSPS) is 18.9. The maximum atomic E-state index is 11.3. The highest BCUT2D eigenvalue weighted by Gasteiger charge is 2.31. The fourth-order valence-electron chi connectivity index (χ4n) is 1.58. The zero-order valence-corrected chi connectivity index (χ0v) is 9.76. The van der Waals surface area contributed by atoms with E-state index in [0.29, 0.717) is 12.5 Å². The van der Waals surface area contributed by atoms with Crippen LogP contribution in [0.3, 0.4) is 0 Å². The summed E-state index contributed by atoms with van der Waals surface area (Å²) in [5.74, 6) is 0.513. The lowest BCUT2D eigenvalue weighted by molar-refractivity contribution is 0.212. The first-order valence-electron chi connectivity index (χ1n) is 5.21. The summed E-state index contributed by atoms with van der Waals surface area (Å²) in [5, 5.41) is 5.17. The molecule has 0 aromatic heterocycles. The van der Waals surface area contributed by atoms with Gasteiger partial charge in [0.1, 0.15) is 0 Å². The molecule has 2 N–H and O–H groups in total. The van der Waals surface area contributed by atoms with Gasteiger partial charge in [0.2, 0.25) is 0 Å². The zero-order chi connectivity index (χ0) is 10.8. The van der Waals surface area contributed by atoms with Crippen molar-refractivity contribution < 1.29 is 8.42 Å². The average molecular weight is 220 g/mol. The van der Waals surface area contributed by atoms with Gasteiger partial charge in [-0.05, 0) is 25.2 Å². The van der Waals surface area contributed by atoms with Crippen molar-refractivity contribution in [1.82, 2.24) is 4.31 Å². The summed E-state index contributed by atoms with van der Waals surface area (Å²) in [5.41, 5.74) is 0. The Hall–Kier alpha value is -0.130. The summed E-state index contributed by atoms with van der Waals surface area (Å²) in [6.45, 7) is 4.74. The summed E-state index contributed by atoms with van der Waals surface area (Å²) in [6, 6.07) is 0.170. The smallest absolute Gasteiger partial charge is 0.216 e. The largest absolute Gasteiger partial charge is 0.277 e. The molecule has 1 aliphatic carbocycles. The van der Waals surface area contributed by atoms with Gasteiger partial charge in [-0.2, -0.15) is 12.7 Å². The summed E-state index contributed by atoms with van der Waals surface area (Å²) in [4.78, 5) is 0. The fraction of sp³-hybridized carbons (Fsp3) is 1.00. The van der Waals surface area contributed by atoms with Gasteiger partial charge in [0.15, 0.2) is 0 Å². The third-order valence-corrected chi connectivity index (χ3v) is 3.87. The Balaban J connectivity index is 2.53. The lowest BCUT2D eigenvalue weighted by Crippen LogP contribution is -2.47. The molecule has 1 aliphatic rings. The maximum Gasteiger partial charge on any atom is 0.277 e. The first-order valence-corrected chi connectivity index (χ1v) is 6.71. The molecular formula is C9H20N2O2S. The van der Waals surface area contributed by atoms with Crippen molar-refractivity contribution in [3.63, 3.8) is 0 Å². The SMILES string of the molecule is CC(C)CCN(C1CCC1)S(N)(=O)=O. The van der Waals surface area contributed by atoms with E-state index in [4.69, 9.17) is 5.14 Å². The predicted molar refractivity (Wildman–Crippen MR) is 56.9 cm³/mol. The van der Waals surface area contributed by atoms with Crippen LogP contribution in [0.1, 0.15) is 39.5 Å². The van der Waals surface area contributed by atoms with E-state index in [2.05, 4.69) is 13.8 Å². The molecule has 0 saturated heterocycles. The van der Waals surface area contributed by atoms with E-state index in [1.165, 1.54) is 4.31 Å². The standard InChI is InChI=1S/C9H20N2O2S/c1-8(2)6-7-11(14(10,12)13)9-4-3-5-9/h8-9H,3-7H2,1-2H3,(H2,10,12,13). The molecule has 0 radical (unpaired) electrons. The second kappa shape index (κ2) is 4.59. The molecule has 0 aromatic carbocycles. The van der Waals surface area contributed by atoms with E-state index in [0.717, 1.165) is 25.7 Å². The molecule has 1 saturated carbocycles. The third-order valence-electron chi connectivity index (χ3n) is 2.74. The summed E-state index contributed by atoms with van der Waals surface area (Å²) in [6.07, 6.45) is 3.94. The molecule has 0 bridgehead atoms. The number of hydrogen-bond donors (Lipinski definition) is 1. The molecule has 0 heterocycles. The van der Waals surface area contributed by atoms with Crippen molar-refractivity contribution in [2.45, 2.75) is 45.6 Å². The van der Waals surface area contributed by atoms with Gasteiger partial charge in [0.05, 0.1) is 0 Å². The summed E-state index contributed by atoms with van der Waals surface area (Å²) >= 11 is 0. The Kier molecular flexibility index (Phi) is 3.92. The van der Waals surface area contributed by atoms with Crippen molar-refractivity contribution >= 4 is 10.2 Å². The Morgan fingerprint density at radius 2 is 2.00 bits per heavy atom. The number of nitrogens with two attached hydrogens (primary N) is 1. The van der Waals surface area contributed by atoms with Crippen molar-refractivity contribution in [3.8, 4) is 0 Å². The van der Waals surface area contributed by atoms with Crippen molar-refractivity contribution in [3.05, 3.63) is 0 Å². The Bertz CT molecular complexity index is 271.